The largest absolute Gasteiger partial charge is 0.507 e. The van der Waals surface area contributed by atoms with Crippen molar-refractivity contribution in [3.8, 4) is 17.1 Å². The third-order valence-electron chi connectivity index (χ3n) is 4.69. The lowest BCUT2D eigenvalue weighted by Crippen LogP contribution is -2.28. The molecule has 1 heterocycles. The number of aryl methyl sites for hydroxylation is 1. The van der Waals surface area contributed by atoms with Gasteiger partial charge in [-0.3, -0.25) is 0 Å². The molecule has 0 saturated carbocycles. The predicted octanol–water partition coefficient (Wildman–Crippen LogP) is 4.27. The minimum Gasteiger partial charge on any atom is -0.507 e. The van der Waals surface area contributed by atoms with E-state index < -0.39 is 0 Å². The first-order chi connectivity index (χ1) is 13.1. The van der Waals surface area contributed by atoms with Gasteiger partial charge in [0, 0.05) is 18.5 Å². The highest BCUT2D eigenvalue weighted by atomic mass is 16.3. The average Bonchev–Trinajstić information content (AvgIpc) is 2.67. The topological polar surface area (TPSA) is 75.3 Å². The molecule has 3 N–H and O–H groups in total. The molecule has 0 aliphatic rings. The van der Waals surface area contributed by atoms with Crippen molar-refractivity contribution >= 4 is 16.7 Å². The maximum atomic E-state index is 10.3. The van der Waals surface area contributed by atoms with Gasteiger partial charge < -0.3 is 15.7 Å². The van der Waals surface area contributed by atoms with Gasteiger partial charge in [0.25, 0.3) is 0 Å². The standard InChI is InChI=1S/C22H28N4O/c1-3-4-13-26(14-7-12-23)22-17-11-10-16(2)15-19(17)24-21(25-22)18-8-5-6-9-20(18)27/h5-6,8-11,15,27H,3-4,7,12-14,23H2,1-2H3. The van der Waals surface area contributed by atoms with Crippen LogP contribution in [0.2, 0.25) is 0 Å². The highest BCUT2D eigenvalue weighted by Crippen LogP contribution is 2.32. The van der Waals surface area contributed by atoms with Crippen LogP contribution in [0.3, 0.4) is 0 Å². The number of para-hydroxylation sites is 1. The molecule has 3 rings (SSSR count). The molecule has 0 radical (unpaired) electrons. The zero-order valence-electron chi connectivity index (χ0n) is 16.2. The summed E-state index contributed by atoms with van der Waals surface area (Å²) >= 11 is 0. The zero-order chi connectivity index (χ0) is 19.2. The maximum Gasteiger partial charge on any atom is 0.165 e. The number of nitrogens with zero attached hydrogens (tertiary/aromatic N) is 3. The number of rotatable bonds is 8. The number of unbranched alkanes of at least 4 members (excludes halogenated alkanes) is 1. The van der Waals surface area contributed by atoms with Crippen LogP contribution in [0.15, 0.2) is 42.5 Å². The summed E-state index contributed by atoms with van der Waals surface area (Å²) in [6.07, 6.45) is 3.12. The first-order valence-electron chi connectivity index (χ1n) is 9.65. The van der Waals surface area contributed by atoms with E-state index >= 15 is 0 Å². The summed E-state index contributed by atoms with van der Waals surface area (Å²) in [7, 11) is 0. The second-order valence-corrected chi connectivity index (χ2v) is 6.89. The molecule has 0 aliphatic heterocycles. The molecule has 142 valence electrons. The molecule has 5 heteroatoms. The molecule has 0 spiro atoms. The first kappa shape index (κ1) is 19.1. The highest BCUT2D eigenvalue weighted by Gasteiger charge is 2.16. The molecule has 27 heavy (non-hydrogen) atoms. The molecule has 0 amide bonds. The third-order valence-corrected chi connectivity index (χ3v) is 4.69. The number of aromatic hydroxyl groups is 1. The summed E-state index contributed by atoms with van der Waals surface area (Å²) in [5, 5.41) is 11.3. The Labute approximate surface area is 160 Å². The van der Waals surface area contributed by atoms with E-state index in [1.165, 1.54) is 0 Å². The van der Waals surface area contributed by atoms with Crippen LogP contribution in [-0.2, 0) is 0 Å². The van der Waals surface area contributed by atoms with Gasteiger partial charge in [0.05, 0.1) is 11.1 Å². The zero-order valence-corrected chi connectivity index (χ0v) is 16.2. The third kappa shape index (κ3) is 4.37. The number of hydrogen-bond donors (Lipinski definition) is 2. The van der Waals surface area contributed by atoms with Gasteiger partial charge in [0.1, 0.15) is 11.6 Å². The second kappa shape index (κ2) is 8.82. The van der Waals surface area contributed by atoms with Gasteiger partial charge in [-0.2, -0.15) is 0 Å². The van der Waals surface area contributed by atoms with Gasteiger partial charge in [0.15, 0.2) is 5.82 Å². The lowest BCUT2D eigenvalue weighted by molar-refractivity contribution is 0.477. The number of fused-ring (bicyclic) bond motifs is 1. The normalized spacial score (nSPS) is 11.1. The SMILES string of the molecule is CCCCN(CCCN)c1nc(-c2ccccc2O)nc2cc(C)ccc12. The van der Waals surface area contributed by atoms with Crippen molar-refractivity contribution < 1.29 is 5.11 Å². The minimum atomic E-state index is 0.192. The fourth-order valence-corrected chi connectivity index (χ4v) is 3.20. The number of hydrogen-bond acceptors (Lipinski definition) is 5. The molecule has 0 aliphatic carbocycles. The Kier molecular flexibility index (Phi) is 6.24. The van der Waals surface area contributed by atoms with E-state index in [9.17, 15) is 5.11 Å². The quantitative estimate of drug-likeness (QED) is 0.624. The number of anilines is 1. The second-order valence-electron chi connectivity index (χ2n) is 6.89. The van der Waals surface area contributed by atoms with Gasteiger partial charge in [-0.1, -0.05) is 31.5 Å². The molecular weight excluding hydrogens is 336 g/mol. The number of benzene rings is 2. The monoisotopic (exact) mass is 364 g/mol. The lowest BCUT2D eigenvalue weighted by atomic mass is 10.1. The van der Waals surface area contributed by atoms with E-state index in [1.54, 1.807) is 12.1 Å². The van der Waals surface area contributed by atoms with E-state index in [1.807, 2.05) is 12.1 Å². The average molecular weight is 364 g/mol. The van der Waals surface area contributed by atoms with Gasteiger partial charge >= 0.3 is 0 Å². The van der Waals surface area contributed by atoms with Crippen molar-refractivity contribution in [2.75, 3.05) is 24.5 Å². The van der Waals surface area contributed by atoms with Gasteiger partial charge in [-0.25, -0.2) is 9.97 Å². The Morgan fingerprint density at radius 3 is 2.56 bits per heavy atom. The van der Waals surface area contributed by atoms with E-state index in [0.717, 1.165) is 54.6 Å². The molecule has 0 fully saturated rings. The Hall–Kier alpha value is -2.66. The Balaban J connectivity index is 2.17. The van der Waals surface area contributed by atoms with Crippen molar-refractivity contribution in [1.29, 1.82) is 0 Å². The molecule has 0 saturated heterocycles. The van der Waals surface area contributed by atoms with E-state index in [-0.39, 0.29) is 5.75 Å². The van der Waals surface area contributed by atoms with Gasteiger partial charge in [-0.05, 0) is 56.1 Å². The Morgan fingerprint density at radius 2 is 1.81 bits per heavy atom. The lowest BCUT2D eigenvalue weighted by Gasteiger charge is -2.25. The number of nitrogens with two attached hydrogens (primary N) is 1. The van der Waals surface area contributed by atoms with E-state index in [4.69, 9.17) is 15.7 Å². The van der Waals surface area contributed by atoms with Crippen molar-refractivity contribution in [1.82, 2.24) is 9.97 Å². The van der Waals surface area contributed by atoms with Gasteiger partial charge in [0.2, 0.25) is 0 Å². The maximum absolute atomic E-state index is 10.3. The minimum absolute atomic E-state index is 0.192. The number of phenolic OH excluding ortho intramolecular Hbond substituents is 1. The Morgan fingerprint density at radius 1 is 1.04 bits per heavy atom. The summed E-state index contributed by atoms with van der Waals surface area (Å²) in [6.45, 7) is 6.69. The van der Waals surface area contributed by atoms with Crippen molar-refractivity contribution in [3.63, 3.8) is 0 Å². The van der Waals surface area contributed by atoms with Crippen LogP contribution < -0.4 is 10.6 Å². The predicted molar refractivity (Wildman–Crippen MR) is 112 cm³/mol. The number of phenols is 1. The fourth-order valence-electron chi connectivity index (χ4n) is 3.20. The molecule has 0 atom stereocenters. The Bertz CT molecular complexity index is 902. The smallest absolute Gasteiger partial charge is 0.165 e. The molecule has 0 bridgehead atoms. The summed E-state index contributed by atoms with van der Waals surface area (Å²) < 4.78 is 0. The van der Waals surface area contributed by atoms with E-state index in [0.29, 0.717) is 17.9 Å². The molecule has 2 aromatic carbocycles. The van der Waals surface area contributed by atoms with Crippen molar-refractivity contribution in [2.24, 2.45) is 5.73 Å². The van der Waals surface area contributed by atoms with Crippen LogP contribution in [0.5, 0.6) is 5.75 Å². The summed E-state index contributed by atoms with van der Waals surface area (Å²) in [6, 6.07) is 13.5. The number of aromatic nitrogens is 2. The summed E-state index contributed by atoms with van der Waals surface area (Å²) in [4.78, 5) is 11.9. The van der Waals surface area contributed by atoms with Crippen LogP contribution in [0.1, 0.15) is 31.7 Å². The van der Waals surface area contributed by atoms with Crippen LogP contribution in [0.4, 0.5) is 5.82 Å². The molecule has 5 nitrogen and oxygen atoms in total. The molecule has 1 aromatic heterocycles. The van der Waals surface area contributed by atoms with Crippen LogP contribution in [0.25, 0.3) is 22.3 Å². The van der Waals surface area contributed by atoms with Crippen LogP contribution in [0, 0.1) is 6.92 Å². The van der Waals surface area contributed by atoms with Crippen molar-refractivity contribution in [2.45, 2.75) is 33.1 Å². The summed E-state index contributed by atoms with van der Waals surface area (Å²) in [5.74, 6) is 1.66. The van der Waals surface area contributed by atoms with Crippen LogP contribution in [-0.4, -0.2) is 34.7 Å². The fraction of sp³-hybridized carbons (Fsp3) is 0.364. The molecular formula is C22H28N4O. The molecule has 0 unspecified atom stereocenters. The first-order valence-corrected chi connectivity index (χ1v) is 9.65. The summed E-state index contributed by atoms with van der Waals surface area (Å²) in [5.41, 5.74) is 8.46. The van der Waals surface area contributed by atoms with Crippen LogP contribution >= 0.6 is 0 Å². The van der Waals surface area contributed by atoms with Crippen molar-refractivity contribution in [3.05, 3.63) is 48.0 Å². The highest BCUT2D eigenvalue weighted by molar-refractivity contribution is 5.91. The van der Waals surface area contributed by atoms with E-state index in [2.05, 4.69) is 36.9 Å². The van der Waals surface area contributed by atoms with Gasteiger partial charge in [-0.15, -0.1) is 0 Å². The molecule has 3 aromatic rings.